The van der Waals surface area contributed by atoms with Crippen molar-refractivity contribution in [2.24, 2.45) is 5.92 Å². The van der Waals surface area contributed by atoms with Crippen LogP contribution in [-0.4, -0.2) is 0 Å². The van der Waals surface area contributed by atoms with E-state index in [-0.39, 0.29) is 5.41 Å². The number of furan rings is 1. The fourth-order valence-corrected chi connectivity index (χ4v) is 11.7. The monoisotopic (exact) mass is 857 g/mol. The summed E-state index contributed by atoms with van der Waals surface area (Å²) in [5.74, 6) is 0.517. The first-order valence-electron chi connectivity index (χ1n) is 23.6. The van der Waals surface area contributed by atoms with E-state index in [1.807, 2.05) is 6.07 Å². The Morgan fingerprint density at radius 1 is 0.552 bits per heavy atom. The Morgan fingerprint density at radius 3 is 1.96 bits per heavy atom. The van der Waals surface area contributed by atoms with Gasteiger partial charge in [-0.1, -0.05) is 197 Å². The predicted octanol–water partition coefficient (Wildman–Crippen LogP) is 17.0. The predicted molar refractivity (Wildman–Crippen MR) is 277 cm³/mol. The van der Waals surface area contributed by atoms with Crippen molar-refractivity contribution >= 4 is 44.6 Å². The van der Waals surface area contributed by atoms with Crippen LogP contribution in [0.5, 0.6) is 0 Å². The van der Waals surface area contributed by atoms with E-state index in [0.29, 0.717) is 5.92 Å². The van der Waals surface area contributed by atoms with Crippen molar-refractivity contribution in [3.05, 3.63) is 263 Å². The topological polar surface area (TPSA) is 16.4 Å². The second kappa shape index (κ2) is 15.0. The molecule has 13 rings (SSSR count). The number of nitrogens with zero attached hydrogens (tertiary/aromatic N) is 1. The zero-order valence-electron chi connectivity index (χ0n) is 37.8. The van der Waals surface area contributed by atoms with Crippen LogP contribution in [0.3, 0.4) is 0 Å². The minimum atomic E-state index is -0.518. The smallest absolute Gasteiger partial charge is 0.159 e. The van der Waals surface area contributed by atoms with Crippen molar-refractivity contribution in [1.29, 1.82) is 0 Å². The Kier molecular flexibility index (Phi) is 8.77. The normalized spacial score (nSPS) is 15.9. The molecule has 0 spiro atoms. The molecule has 3 aliphatic rings. The molecular formula is C65H47NO. The lowest BCUT2D eigenvalue weighted by atomic mass is 9.68. The highest BCUT2D eigenvalue weighted by Gasteiger charge is 2.47. The average Bonchev–Trinajstić information content (AvgIpc) is 3.99. The van der Waals surface area contributed by atoms with Crippen LogP contribution >= 0.6 is 0 Å². The molecule has 318 valence electrons. The van der Waals surface area contributed by atoms with Gasteiger partial charge in [-0.25, -0.2) is 0 Å². The van der Waals surface area contributed by atoms with E-state index in [1.54, 1.807) is 0 Å². The van der Waals surface area contributed by atoms with Crippen LogP contribution in [0.25, 0.3) is 60.9 Å². The minimum absolute atomic E-state index is 0.116. The molecule has 10 aromatic rings. The number of rotatable bonds is 7. The molecule has 1 atom stereocenters. The lowest BCUT2D eigenvalue weighted by Gasteiger charge is -2.33. The van der Waals surface area contributed by atoms with Gasteiger partial charge in [0.25, 0.3) is 0 Å². The van der Waals surface area contributed by atoms with Crippen molar-refractivity contribution < 1.29 is 4.42 Å². The number of hydrogen-bond donors (Lipinski definition) is 0. The molecule has 2 nitrogen and oxygen atoms in total. The molecule has 0 aliphatic heterocycles. The van der Waals surface area contributed by atoms with Gasteiger partial charge in [0.1, 0.15) is 5.58 Å². The van der Waals surface area contributed by atoms with Crippen molar-refractivity contribution in [3.63, 3.8) is 0 Å². The van der Waals surface area contributed by atoms with Gasteiger partial charge in [0.2, 0.25) is 0 Å². The second-order valence-electron chi connectivity index (χ2n) is 19.1. The fourth-order valence-electron chi connectivity index (χ4n) is 11.7. The quantitative estimate of drug-likeness (QED) is 0.159. The third-order valence-electron chi connectivity index (χ3n) is 14.9. The molecular weight excluding hydrogens is 811 g/mol. The average molecular weight is 858 g/mol. The highest BCUT2D eigenvalue weighted by molar-refractivity contribution is 6.15. The van der Waals surface area contributed by atoms with Crippen LogP contribution in [0.4, 0.5) is 17.1 Å². The Labute approximate surface area is 392 Å². The Morgan fingerprint density at radius 2 is 1.22 bits per heavy atom. The number of anilines is 3. The van der Waals surface area contributed by atoms with Crippen molar-refractivity contribution in [1.82, 2.24) is 0 Å². The third-order valence-corrected chi connectivity index (χ3v) is 14.9. The van der Waals surface area contributed by atoms with Crippen molar-refractivity contribution in [3.8, 4) is 33.4 Å². The lowest BCUT2D eigenvalue weighted by Crippen LogP contribution is -2.28. The first-order chi connectivity index (χ1) is 32.9. The molecule has 3 aliphatic carbocycles. The van der Waals surface area contributed by atoms with E-state index in [0.717, 1.165) is 56.5 Å². The number of benzene rings is 8. The van der Waals surface area contributed by atoms with Crippen LogP contribution in [0.1, 0.15) is 66.1 Å². The Hall–Kier alpha value is -8.12. The summed E-state index contributed by atoms with van der Waals surface area (Å²) in [6, 6.07) is 77.9. The molecule has 0 saturated carbocycles. The number of fused-ring (bicyclic) bond motifs is 10. The molecule has 1 heterocycles. The van der Waals surface area contributed by atoms with Gasteiger partial charge < -0.3 is 9.32 Å². The van der Waals surface area contributed by atoms with E-state index < -0.39 is 5.41 Å². The van der Waals surface area contributed by atoms with Gasteiger partial charge in [-0.2, -0.15) is 0 Å². The van der Waals surface area contributed by atoms with Crippen LogP contribution in [-0.2, 0) is 10.8 Å². The molecule has 0 N–H and O–H groups in total. The minimum Gasteiger partial charge on any atom is -0.453 e. The summed E-state index contributed by atoms with van der Waals surface area (Å²) in [5, 5.41) is 2.20. The first kappa shape index (κ1) is 39.3. The molecule has 1 unspecified atom stereocenters. The maximum Gasteiger partial charge on any atom is 0.159 e. The van der Waals surface area contributed by atoms with E-state index >= 15 is 0 Å². The van der Waals surface area contributed by atoms with Gasteiger partial charge >= 0.3 is 0 Å². The second-order valence-corrected chi connectivity index (χ2v) is 19.1. The van der Waals surface area contributed by atoms with Crippen molar-refractivity contribution in [2.75, 3.05) is 4.90 Å². The fraction of sp³-hybridized carbons (Fsp3) is 0.108. The summed E-state index contributed by atoms with van der Waals surface area (Å²) in [6.45, 7) is 6.92. The van der Waals surface area contributed by atoms with Crippen LogP contribution in [0, 0.1) is 18.1 Å². The SMILES string of the molecule is CC1C=C(c2ccc(N(c3ccc(-c4ccc5c(c4)C(C)(C)c4ccc#cc4-5)cc3)c3cccc4c3oc3c5c(ccc34)C(c3ccccc3)(c3ccccc3)c3ccccc3-5)cc2)C=CC1. The maximum absolute atomic E-state index is 7.42. The largest absolute Gasteiger partial charge is 0.453 e. The standard InChI is InChI=1S/C65H47NO/c1-42-16-14-17-45(40-42)43-28-33-49(34-29-43)66(50-35-30-44(31-36-50)46-32-37-52-51-22-10-12-25-56(51)64(2,3)59(52)41-46)60-27-15-24-53-54-38-39-58-61(63(54)67-62(53)60)55-23-11-13-26-57(55)65(58,47-18-6-4-7-19-47)48-20-8-5-9-21-48/h4-9,11-15,17-21,23-42H,16H2,1-3H3. The zero-order chi connectivity index (χ0) is 44.9. The number of hydrogen-bond acceptors (Lipinski definition) is 2. The first-order valence-corrected chi connectivity index (χ1v) is 23.6. The van der Waals surface area contributed by atoms with E-state index in [1.165, 1.54) is 66.8 Å². The van der Waals surface area contributed by atoms with Crippen LogP contribution in [0.15, 0.2) is 217 Å². The van der Waals surface area contributed by atoms with E-state index in [2.05, 4.69) is 244 Å². The van der Waals surface area contributed by atoms with Gasteiger partial charge in [0, 0.05) is 38.7 Å². The number of para-hydroxylation sites is 1. The molecule has 9 aromatic carbocycles. The summed E-state index contributed by atoms with van der Waals surface area (Å²) >= 11 is 0. The van der Waals surface area contributed by atoms with Crippen molar-refractivity contribution in [2.45, 2.75) is 38.0 Å². The maximum atomic E-state index is 7.42. The highest BCUT2D eigenvalue weighted by atomic mass is 16.3. The summed E-state index contributed by atoms with van der Waals surface area (Å²) in [7, 11) is 0. The molecule has 67 heavy (non-hydrogen) atoms. The number of allylic oxidation sites excluding steroid dienone is 4. The van der Waals surface area contributed by atoms with Gasteiger partial charge in [-0.05, 0) is 128 Å². The molecule has 0 amide bonds. The molecule has 0 radical (unpaired) electrons. The molecule has 2 heteroatoms. The molecule has 0 saturated heterocycles. The summed E-state index contributed by atoms with van der Waals surface area (Å²) in [6.07, 6.45) is 8.02. The van der Waals surface area contributed by atoms with Gasteiger partial charge in [0.05, 0.1) is 11.1 Å². The Bertz CT molecular complexity index is 3590. The zero-order valence-corrected chi connectivity index (χ0v) is 37.8. The molecule has 0 bridgehead atoms. The summed E-state index contributed by atoms with van der Waals surface area (Å²) < 4.78 is 7.42. The summed E-state index contributed by atoms with van der Waals surface area (Å²) in [5.41, 5.74) is 21.5. The van der Waals surface area contributed by atoms with Gasteiger partial charge in [-0.3, -0.25) is 0 Å². The van der Waals surface area contributed by atoms with E-state index in [4.69, 9.17) is 4.42 Å². The lowest BCUT2D eigenvalue weighted by molar-refractivity contribution is 0.660. The highest BCUT2D eigenvalue weighted by Crippen LogP contribution is 2.59. The van der Waals surface area contributed by atoms with E-state index in [9.17, 15) is 0 Å². The molecule has 1 aromatic heterocycles. The van der Waals surface area contributed by atoms with Gasteiger partial charge in [-0.15, -0.1) is 0 Å². The Balaban J connectivity index is 0.986. The van der Waals surface area contributed by atoms with Gasteiger partial charge in [0.15, 0.2) is 5.58 Å². The summed E-state index contributed by atoms with van der Waals surface area (Å²) in [4.78, 5) is 2.37. The third kappa shape index (κ3) is 5.84. The van der Waals surface area contributed by atoms with Crippen LogP contribution in [0.2, 0.25) is 0 Å². The van der Waals surface area contributed by atoms with Crippen LogP contribution < -0.4 is 4.90 Å². The molecule has 0 fully saturated rings.